The van der Waals surface area contributed by atoms with Crippen molar-refractivity contribution in [3.8, 4) is 0 Å². The lowest BCUT2D eigenvalue weighted by atomic mass is 9.91. The number of aromatic nitrogens is 2. The number of hydrogen-bond acceptors (Lipinski definition) is 5. The normalized spacial score (nSPS) is 16.0. The molecule has 1 rings (SSSR count). The van der Waals surface area contributed by atoms with Crippen LogP contribution in [0.1, 0.15) is 59.2 Å². The van der Waals surface area contributed by atoms with Crippen LogP contribution in [0.25, 0.3) is 0 Å². The molecule has 2 atom stereocenters. The highest BCUT2D eigenvalue weighted by atomic mass is 16.5. The summed E-state index contributed by atoms with van der Waals surface area (Å²) >= 11 is 0. The Morgan fingerprint density at radius 1 is 1.33 bits per heavy atom. The average molecular weight is 256 g/mol. The molecule has 0 saturated heterocycles. The number of nitrogens with zero attached hydrogens (tertiary/aromatic N) is 2. The molecule has 1 N–H and O–H groups in total. The first-order chi connectivity index (χ1) is 8.29. The largest absolute Gasteiger partial charge is 0.393 e. The van der Waals surface area contributed by atoms with Crippen LogP contribution in [-0.2, 0) is 10.3 Å². The van der Waals surface area contributed by atoms with E-state index in [2.05, 4.69) is 10.1 Å². The highest BCUT2D eigenvalue weighted by molar-refractivity contribution is 5.02. The van der Waals surface area contributed by atoms with Crippen molar-refractivity contribution in [1.82, 2.24) is 10.1 Å². The van der Waals surface area contributed by atoms with Gasteiger partial charge in [-0.15, -0.1) is 0 Å². The smallest absolute Gasteiger partial charge is 0.232 e. The summed E-state index contributed by atoms with van der Waals surface area (Å²) in [6.45, 7) is 12.1. The van der Waals surface area contributed by atoms with E-state index in [4.69, 9.17) is 9.26 Å². The minimum atomic E-state index is -0.573. The summed E-state index contributed by atoms with van der Waals surface area (Å²) in [5.74, 6) is 1.07. The minimum absolute atomic E-state index is 0.149. The van der Waals surface area contributed by atoms with Crippen molar-refractivity contribution in [1.29, 1.82) is 0 Å². The van der Waals surface area contributed by atoms with Gasteiger partial charge in [0.25, 0.3) is 0 Å². The topological polar surface area (TPSA) is 68.4 Å². The van der Waals surface area contributed by atoms with Gasteiger partial charge in [-0.25, -0.2) is 0 Å². The Morgan fingerprint density at radius 2 is 1.94 bits per heavy atom. The summed E-state index contributed by atoms with van der Waals surface area (Å²) < 4.78 is 10.9. The molecule has 0 amide bonds. The molecule has 0 saturated carbocycles. The van der Waals surface area contributed by atoms with Crippen LogP contribution < -0.4 is 0 Å². The third kappa shape index (κ3) is 3.29. The van der Waals surface area contributed by atoms with E-state index in [1.54, 1.807) is 6.92 Å². The van der Waals surface area contributed by atoms with Gasteiger partial charge in [-0.2, -0.15) is 4.98 Å². The van der Waals surface area contributed by atoms with Gasteiger partial charge < -0.3 is 14.4 Å². The van der Waals surface area contributed by atoms with E-state index < -0.39 is 11.7 Å². The van der Waals surface area contributed by atoms with Crippen LogP contribution >= 0.6 is 0 Å². The summed E-state index contributed by atoms with van der Waals surface area (Å²) in [5, 5.41) is 13.8. The van der Waals surface area contributed by atoms with Gasteiger partial charge in [-0.3, -0.25) is 0 Å². The molecule has 0 fully saturated rings. The monoisotopic (exact) mass is 256 g/mol. The zero-order valence-electron chi connectivity index (χ0n) is 12.1. The lowest BCUT2D eigenvalue weighted by Gasteiger charge is -2.21. The predicted molar refractivity (Wildman–Crippen MR) is 68.2 cm³/mol. The van der Waals surface area contributed by atoms with E-state index in [1.807, 2.05) is 34.6 Å². The fourth-order valence-electron chi connectivity index (χ4n) is 2.09. The van der Waals surface area contributed by atoms with Crippen LogP contribution in [0.15, 0.2) is 4.52 Å². The second kappa shape index (κ2) is 5.80. The van der Waals surface area contributed by atoms with Gasteiger partial charge in [0.1, 0.15) is 5.60 Å². The van der Waals surface area contributed by atoms with Crippen LogP contribution in [0.2, 0.25) is 0 Å². The lowest BCUT2D eigenvalue weighted by Crippen LogP contribution is -2.24. The van der Waals surface area contributed by atoms with E-state index in [9.17, 15) is 5.11 Å². The zero-order chi connectivity index (χ0) is 13.9. The molecule has 0 radical (unpaired) electrons. The lowest BCUT2D eigenvalue weighted by molar-refractivity contribution is -0.0221. The van der Waals surface area contributed by atoms with Crippen LogP contribution in [0.5, 0.6) is 0 Å². The van der Waals surface area contributed by atoms with Crippen LogP contribution in [0.3, 0.4) is 0 Å². The highest BCUT2D eigenvalue weighted by Crippen LogP contribution is 2.29. The van der Waals surface area contributed by atoms with Crippen molar-refractivity contribution < 1.29 is 14.4 Å². The highest BCUT2D eigenvalue weighted by Gasteiger charge is 2.32. The van der Waals surface area contributed by atoms with Crippen LogP contribution in [0.4, 0.5) is 0 Å². The molecule has 0 aliphatic rings. The van der Waals surface area contributed by atoms with Crippen LogP contribution in [0, 0.1) is 5.92 Å². The van der Waals surface area contributed by atoms with Crippen molar-refractivity contribution in [2.75, 3.05) is 6.61 Å². The Hall–Kier alpha value is -0.940. The molecule has 18 heavy (non-hydrogen) atoms. The molecule has 0 aliphatic heterocycles. The standard InChI is InChI=1S/C13H24N2O3/c1-7-17-13(5,6)12-14-11(18-15-12)10(8(2)3)9(4)16/h8-10,16H,7H2,1-6H3. The molecule has 0 spiro atoms. The van der Waals surface area contributed by atoms with Crippen molar-refractivity contribution in [2.45, 2.75) is 59.2 Å². The molecule has 1 aromatic heterocycles. The molecule has 0 bridgehead atoms. The van der Waals surface area contributed by atoms with E-state index in [0.717, 1.165) is 0 Å². The molecule has 1 heterocycles. The van der Waals surface area contributed by atoms with Crippen molar-refractivity contribution in [2.24, 2.45) is 5.92 Å². The first kappa shape index (κ1) is 15.1. The number of ether oxygens (including phenoxy) is 1. The Morgan fingerprint density at radius 3 is 2.39 bits per heavy atom. The molecule has 0 aliphatic carbocycles. The molecule has 5 nitrogen and oxygen atoms in total. The van der Waals surface area contributed by atoms with Gasteiger partial charge in [-0.05, 0) is 33.6 Å². The molecule has 0 aromatic carbocycles. The first-order valence-corrected chi connectivity index (χ1v) is 6.45. The number of hydrogen-bond donors (Lipinski definition) is 1. The van der Waals surface area contributed by atoms with Gasteiger partial charge in [0.05, 0.1) is 12.0 Å². The summed E-state index contributed by atoms with van der Waals surface area (Å²) in [7, 11) is 0. The van der Waals surface area contributed by atoms with Gasteiger partial charge in [0.2, 0.25) is 11.7 Å². The van der Waals surface area contributed by atoms with E-state index in [-0.39, 0.29) is 11.8 Å². The average Bonchev–Trinajstić information content (AvgIpc) is 2.66. The van der Waals surface area contributed by atoms with Gasteiger partial charge >= 0.3 is 0 Å². The Balaban J connectivity index is 2.98. The molecule has 5 heteroatoms. The third-order valence-corrected chi connectivity index (χ3v) is 3.01. The van der Waals surface area contributed by atoms with Crippen molar-refractivity contribution in [3.63, 3.8) is 0 Å². The summed E-state index contributed by atoms with van der Waals surface area (Å²) in [6.07, 6.45) is -0.520. The second-order valence-electron chi connectivity index (χ2n) is 5.41. The van der Waals surface area contributed by atoms with Crippen molar-refractivity contribution >= 4 is 0 Å². The molecular formula is C13H24N2O3. The summed E-state index contributed by atoms with van der Waals surface area (Å²) in [4.78, 5) is 4.38. The summed E-state index contributed by atoms with van der Waals surface area (Å²) in [5.41, 5.74) is -0.573. The van der Waals surface area contributed by atoms with E-state index in [1.165, 1.54) is 0 Å². The molecule has 104 valence electrons. The van der Waals surface area contributed by atoms with Gasteiger partial charge in [0.15, 0.2) is 0 Å². The maximum absolute atomic E-state index is 9.79. The second-order valence-corrected chi connectivity index (χ2v) is 5.41. The quantitative estimate of drug-likeness (QED) is 0.846. The number of aliphatic hydroxyl groups is 1. The molecule has 1 aromatic rings. The van der Waals surface area contributed by atoms with E-state index >= 15 is 0 Å². The predicted octanol–water partition coefficient (Wildman–Crippen LogP) is 2.46. The SMILES string of the molecule is CCOC(C)(C)c1noc(C(C(C)C)C(C)O)n1. The maximum atomic E-state index is 9.79. The maximum Gasteiger partial charge on any atom is 0.232 e. The van der Waals surface area contributed by atoms with Gasteiger partial charge in [0, 0.05) is 6.61 Å². The van der Waals surface area contributed by atoms with Crippen molar-refractivity contribution in [3.05, 3.63) is 11.7 Å². The third-order valence-electron chi connectivity index (χ3n) is 3.01. The summed E-state index contributed by atoms with van der Waals surface area (Å²) in [6, 6.07) is 0. The Bertz CT molecular complexity index is 364. The van der Waals surface area contributed by atoms with E-state index in [0.29, 0.717) is 18.3 Å². The minimum Gasteiger partial charge on any atom is -0.393 e. The Labute approximate surface area is 109 Å². The zero-order valence-corrected chi connectivity index (χ0v) is 12.1. The number of rotatable bonds is 6. The Kier molecular flexibility index (Phi) is 4.87. The fourth-order valence-corrected chi connectivity index (χ4v) is 2.09. The van der Waals surface area contributed by atoms with Crippen LogP contribution in [-0.4, -0.2) is 28.0 Å². The first-order valence-electron chi connectivity index (χ1n) is 6.45. The number of aliphatic hydroxyl groups excluding tert-OH is 1. The molecular weight excluding hydrogens is 232 g/mol. The molecule has 2 unspecified atom stereocenters. The fraction of sp³-hybridized carbons (Fsp3) is 0.846. The van der Waals surface area contributed by atoms with Gasteiger partial charge in [-0.1, -0.05) is 19.0 Å².